The molecule has 0 bridgehead atoms. The van der Waals surface area contributed by atoms with Gasteiger partial charge in [0.1, 0.15) is 5.76 Å². The average molecular weight is 464 g/mol. The SMILES string of the molecule is C=C(C)/C(Oc1nc(Nc2ccc(C#N)cc2)nc2ncn(C)c12)=C(C)\C=C(/C)c1ccncc1. The number of aromatic nitrogens is 5. The molecule has 3 heterocycles. The second-order valence-corrected chi connectivity index (χ2v) is 8.15. The van der Waals surface area contributed by atoms with Gasteiger partial charge in [0.2, 0.25) is 5.95 Å². The van der Waals surface area contributed by atoms with Crippen molar-refractivity contribution in [2.75, 3.05) is 5.32 Å². The number of rotatable bonds is 7. The Kier molecular flexibility index (Phi) is 6.69. The third-order valence-corrected chi connectivity index (χ3v) is 5.32. The number of nitrogens with zero attached hydrogens (tertiary/aromatic N) is 6. The molecule has 0 aliphatic carbocycles. The lowest BCUT2D eigenvalue weighted by molar-refractivity contribution is 0.418. The quantitative estimate of drug-likeness (QED) is 0.277. The van der Waals surface area contributed by atoms with Crippen LogP contribution in [0.2, 0.25) is 0 Å². The lowest BCUT2D eigenvalue weighted by Crippen LogP contribution is -2.06. The van der Waals surface area contributed by atoms with Crippen molar-refractivity contribution in [2.45, 2.75) is 20.8 Å². The van der Waals surface area contributed by atoms with E-state index in [1.54, 1.807) is 43.0 Å². The fourth-order valence-electron chi connectivity index (χ4n) is 3.59. The normalized spacial score (nSPS) is 12.1. The highest BCUT2D eigenvalue weighted by atomic mass is 16.5. The van der Waals surface area contributed by atoms with Crippen molar-refractivity contribution in [3.05, 3.63) is 95.8 Å². The molecule has 0 fully saturated rings. The maximum atomic E-state index is 9.03. The molecule has 1 N–H and O–H groups in total. The molecule has 0 radical (unpaired) electrons. The van der Waals surface area contributed by atoms with Crippen molar-refractivity contribution in [3.8, 4) is 11.9 Å². The number of benzene rings is 1. The van der Waals surface area contributed by atoms with E-state index >= 15 is 0 Å². The van der Waals surface area contributed by atoms with E-state index in [1.807, 2.05) is 44.5 Å². The van der Waals surface area contributed by atoms with Gasteiger partial charge in [0.05, 0.1) is 18.0 Å². The Bertz CT molecular complexity index is 1490. The number of ether oxygens (including phenoxy) is 1. The molecule has 1 aromatic carbocycles. The van der Waals surface area contributed by atoms with Crippen molar-refractivity contribution in [3.63, 3.8) is 0 Å². The molecule has 8 nitrogen and oxygen atoms in total. The number of pyridine rings is 1. The van der Waals surface area contributed by atoms with Gasteiger partial charge in [0, 0.05) is 25.1 Å². The van der Waals surface area contributed by atoms with E-state index in [0.29, 0.717) is 34.3 Å². The van der Waals surface area contributed by atoms with E-state index in [2.05, 4.69) is 44.0 Å². The molecule has 8 heteroatoms. The van der Waals surface area contributed by atoms with Crippen LogP contribution in [-0.2, 0) is 7.05 Å². The van der Waals surface area contributed by atoms with Crippen molar-refractivity contribution >= 4 is 28.4 Å². The molecule has 4 aromatic rings. The molecule has 0 saturated carbocycles. The molecular formula is C27H25N7O. The molecule has 4 rings (SSSR count). The Morgan fingerprint density at radius 1 is 1.09 bits per heavy atom. The van der Waals surface area contributed by atoms with Gasteiger partial charge in [-0.15, -0.1) is 0 Å². The zero-order valence-corrected chi connectivity index (χ0v) is 20.1. The van der Waals surface area contributed by atoms with Crippen LogP contribution in [0.1, 0.15) is 31.9 Å². The molecule has 0 aliphatic rings. The van der Waals surface area contributed by atoms with Crippen LogP contribution in [-0.4, -0.2) is 24.5 Å². The number of nitrogens with one attached hydrogen (secondary N) is 1. The van der Waals surface area contributed by atoms with E-state index in [0.717, 1.165) is 28.0 Å². The number of nitriles is 1. The number of imidazole rings is 1. The van der Waals surface area contributed by atoms with Gasteiger partial charge in [-0.1, -0.05) is 12.7 Å². The number of hydrogen-bond donors (Lipinski definition) is 1. The third kappa shape index (κ3) is 5.25. The van der Waals surface area contributed by atoms with Gasteiger partial charge in [-0.05, 0) is 79.5 Å². The summed E-state index contributed by atoms with van der Waals surface area (Å²) in [6.07, 6.45) is 7.26. The number of anilines is 2. The van der Waals surface area contributed by atoms with Crippen molar-refractivity contribution in [1.29, 1.82) is 5.26 Å². The number of hydrogen-bond acceptors (Lipinski definition) is 7. The van der Waals surface area contributed by atoms with E-state index in [1.165, 1.54) is 0 Å². The molecule has 0 saturated heterocycles. The van der Waals surface area contributed by atoms with Crippen LogP contribution >= 0.6 is 0 Å². The van der Waals surface area contributed by atoms with Gasteiger partial charge in [0.25, 0.3) is 5.88 Å². The van der Waals surface area contributed by atoms with Gasteiger partial charge < -0.3 is 14.6 Å². The van der Waals surface area contributed by atoms with Crippen LogP contribution in [0.4, 0.5) is 11.6 Å². The van der Waals surface area contributed by atoms with Crippen LogP contribution in [0.15, 0.2) is 84.7 Å². The van der Waals surface area contributed by atoms with Crippen molar-refractivity contribution in [1.82, 2.24) is 24.5 Å². The average Bonchev–Trinajstić information content (AvgIpc) is 3.23. The summed E-state index contributed by atoms with van der Waals surface area (Å²) in [5.74, 6) is 1.31. The van der Waals surface area contributed by atoms with Crippen LogP contribution in [0.3, 0.4) is 0 Å². The third-order valence-electron chi connectivity index (χ3n) is 5.32. The molecule has 0 spiro atoms. The summed E-state index contributed by atoms with van der Waals surface area (Å²) in [5.41, 5.74) is 6.29. The Hall–Kier alpha value is -4.77. The monoisotopic (exact) mass is 463 g/mol. The highest BCUT2D eigenvalue weighted by Crippen LogP contribution is 2.29. The van der Waals surface area contributed by atoms with Gasteiger partial charge in [-0.25, -0.2) is 4.98 Å². The summed E-state index contributed by atoms with van der Waals surface area (Å²) in [4.78, 5) is 17.6. The minimum absolute atomic E-state index is 0.332. The first kappa shape index (κ1) is 23.4. The first-order chi connectivity index (χ1) is 16.9. The minimum Gasteiger partial charge on any atom is -0.436 e. The zero-order chi connectivity index (χ0) is 24.9. The summed E-state index contributed by atoms with van der Waals surface area (Å²) in [7, 11) is 1.86. The Morgan fingerprint density at radius 3 is 2.46 bits per heavy atom. The van der Waals surface area contributed by atoms with Crippen LogP contribution < -0.4 is 10.1 Å². The largest absolute Gasteiger partial charge is 0.436 e. The smallest absolute Gasteiger partial charge is 0.250 e. The van der Waals surface area contributed by atoms with Crippen molar-refractivity contribution < 1.29 is 4.74 Å². The number of aryl methyl sites for hydroxylation is 1. The summed E-state index contributed by atoms with van der Waals surface area (Å²) in [6, 6.07) is 13.1. The fourth-order valence-corrected chi connectivity index (χ4v) is 3.59. The molecule has 35 heavy (non-hydrogen) atoms. The second-order valence-electron chi connectivity index (χ2n) is 8.15. The standard InChI is InChI=1S/C27H25N7O/c1-17(2)24(19(4)14-18(3)21-10-12-29-13-11-21)35-26-23-25(30-16-34(23)5)32-27(33-26)31-22-8-6-20(15-28)7-9-22/h6-14,16H,1H2,2-5H3,(H,31,32,33)/b18-14+,24-19+. The summed E-state index contributed by atoms with van der Waals surface area (Å²) in [5, 5.41) is 12.2. The predicted molar refractivity (Wildman–Crippen MR) is 137 cm³/mol. The second kappa shape index (κ2) is 10.0. The lowest BCUT2D eigenvalue weighted by atomic mass is 10.0. The van der Waals surface area contributed by atoms with E-state index in [4.69, 9.17) is 10.00 Å². The fraction of sp³-hybridized carbons (Fsp3) is 0.148. The number of fused-ring (bicyclic) bond motifs is 1. The molecule has 0 atom stereocenters. The van der Waals surface area contributed by atoms with Gasteiger partial charge >= 0.3 is 0 Å². The molecule has 174 valence electrons. The molecule has 0 amide bonds. The van der Waals surface area contributed by atoms with Gasteiger partial charge in [-0.2, -0.15) is 15.2 Å². The van der Waals surface area contributed by atoms with Crippen LogP contribution in [0.25, 0.3) is 16.7 Å². The summed E-state index contributed by atoms with van der Waals surface area (Å²) >= 11 is 0. The first-order valence-electron chi connectivity index (χ1n) is 10.9. The summed E-state index contributed by atoms with van der Waals surface area (Å²) < 4.78 is 8.19. The van der Waals surface area contributed by atoms with E-state index < -0.39 is 0 Å². The maximum absolute atomic E-state index is 9.03. The summed E-state index contributed by atoms with van der Waals surface area (Å²) in [6.45, 7) is 10.0. The predicted octanol–water partition coefficient (Wildman–Crippen LogP) is 5.71. The van der Waals surface area contributed by atoms with E-state index in [9.17, 15) is 0 Å². The van der Waals surface area contributed by atoms with Gasteiger partial charge in [0.15, 0.2) is 11.2 Å². The van der Waals surface area contributed by atoms with Gasteiger partial charge in [-0.3, -0.25) is 4.98 Å². The van der Waals surface area contributed by atoms with Crippen LogP contribution in [0.5, 0.6) is 5.88 Å². The maximum Gasteiger partial charge on any atom is 0.250 e. The molecule has 3 aromatic heterocycles. The molecular weight excluding hydrogens is 438 g/mol. The topological polar surface area (TPSA) is 102 Å². The first-order valence-corrected chi connectivity index (χ1v) is 10.9. The number of allylic oxidation sites excluding steroid dienone is 4. The highest BCUT2D eigenvalue weighted by molar-refractivity contribution is 5.79. The minimum atomic E-state index is 0.332. The Labute approximate surface area is 204 Å². The van der Waals surface area contributed by atoms with Crippen LogP contribution in [0, 0.1) is 11.3 Å². The molecule has 0 aliphatic heterocycles. The van der Waals surface area contributed by atoms with Crippen molar-refractivity contribution in [2.24, 2.45) is 7.05 Å². The Balaban J connectivity index is 1.74. The molecule has 0 unspecified atom stereocenters. The zero-order valence-electron chi connectivity index (χ0n) is 20.1. The Morgan fingerprint density at radius 2 is 1.80 bits per heavy atom. The highest BCUT2D eigenvalue weighted by Gasteiger charge is 2.17. The lowest BCUT2D eigenvalue weighted by Gasteiger charge is -2.14. The van der Waals surface area contributed by atoms with E-state index in [-0.39, 0.29) is 0 Å².